The molecule has 0 N–H and O–H groups in total. The average Bonchev–Trinajstić information content (AvgIpc) is 2.35. The van der Waals surface area contributed by atoms with Gasteiger partial charge in [-0.05, 0) is 30.5 Å². The Morgan fingerprint density at radius 2 is 2.17 bits per heavy atom. The second-order valence-corrected chi connectivity index (χ2v) is 4.16. The van der Waals surface area contributed by atoms with E-state index in [1.54, 1.807) is 12.1 Å². The van der Waals surface area contributed by atoms with Crippen LogP contribution in [0.1, 0.15) is 18.1 Å². The summed E-state index contributed by atoms with van der Waals surface area (Å²) in [5.41, 5.74) is 2.25. The fourth-order valence-electron chi connectivity index (χ4n) is 1.95. The van der Waals surface area contributed by atoms with Gasteiger partial charge in [0.25, 0.3) is 0 Å². The largest absolute Gasteiger partial charge is 0.489 e. The van der Waals surface area contributed by atoms with Gasteiger partial charge in [0.15, 0.2) is 0 Å². The van der Waals surface area contributed by atoms with Gasteiger partial charge in [0, 0.05) is 17.5 Å². The summed E-state index contributed by atoms with van der Waals surface area (Å²) < 4.78 is 10.8. The van der Waals surface area contributed by atoms with E-state index in [0.717, 1.165) is 28.7 Å². The van der Waals surface area contributed by atoms with E-state index in [9.17, 15) is 4.79 Å². The van der Waals surface area contributed by atoms with Gasteiger partial charge in [-0.3, -0.25) is 0 Å². The zero-order valence-electron chi connectivity index (χ0n) is 10.7. The summed E-state index contributed by atoms with van der Waals surface area (Å²) in [6.07, 6.45) is 2.55. The molecule has 3 nitrogen and oxygen atoms in total. The van der Waals surface area contributed by atoms with E-state index in [0.29, 0.717) is 12.2 Å². The van der Waals surface area contributed by atoms with Crippen molar-refractivity contribution in [2.45, 2.75) is 20.3 Å². The number of ether oxygens (including phenoxy) is 1. The maximum absolute atomic E-state index is 11.4. The van der Waals surface area contributed by atoms with Gasteiger partial charge in [0.2, 0.25) is 0 Å². The lowest BCUT2D eigenvalue weighted by atomic mass is 10.1. The predicted octanol–water partition coefficient (Wildman–Crippen LogP) is 3.23. The van der Waals surface area contributed by atoms with Crippen molar-refractivity contribution >= 4 is 11.0 Å². The molecule has 0 aliphatic rings. The van der Waals surface area contributed by atoms with Crippen LogP contribution >= 0.6 is 0 Å². The summed E-state index contributed by atoms with van der Waals surface area (Å²) in [5.74, 6) is 0.749. The van der Waals surface area contributed by atoms with Gasteiger partial charge in [-0.2, -0.15) is 0 Å². The van der Waals surface area contributed by atoms with Crippen LogP contribution in [0.5, 0.6) is 5.75 Å². The average molecular weight is 244 g/mol. The highest BCUT2D eigenvalue weighted by Crippen LogP contribution is 2.27. The van der Waals surface area contributed by atoms with Crippen molar-refractivity contribution in [3.05, 3.63) is 52.4 Å². The van der Waals surface area contributed by atoms with Gasteiger partial charge < -0.3 is 9.15 Å². The van der Waals surface area contributed by atoms with Crippen LogP contribution in [-0.4, -0.2) is 6.61 Å². The Bertz CT molecular complexity index is 638. The number of hydrogen-bond donors (Lipinski definition) is 0. The fourth-order valence-corrected chi connectivity index (χ4v) is 1.95. The molecule has 0 atom stereocenters. The van der Waals surface area contributed by atoms with E-state index in [1.807, 2.05) is 13.0 Å². The van der Waals surface area contributed by atoms with Crippen LogP contribution in [0.4, 0.5) is 0 Å². The summed E-state index contributed by atoms with van der Waals surface area (Å²) in [5, 5.41) is 0.956. The fraction of sp³-hybridized carbons (Fsp3) is 0.267. The van der Waals surface area contributed by atoms with Crippen LogP contribution in [0.25, 0.3) is 11.0 Å². The number of aryl methyl sites for hydroxylation is 2. The lowest BCUT2D eigenvalue weighted by Gasteiger charge is -2.10. The Morgan fingerprint density at radius 3 is 2.83 bits per heavy atom. The lowest BCUT2D eigenvalue weighted by molar-refractivity contribution is 0.359. The number of rotatable bonds is 4. The minimum absolute atomic E-state index is 0.334. The standard InChI is InChI=1S/C15H16O3/c1-4-6-17-13-9-14-12(8-11(13)5-2)10(3)7-15(16)18-14/h4,7-9H,1,5-6H2,2-3H3. The summed E-state index contributed by atoms with van der Waals surface area (Å²) in [6, 6.07) is 5.31. The van der Waals surface area contributed by atoms with E-state index >= 15 is 0 Å². The summed E-state index contributed by atoms with van der Waals surface area (Å²) in [6.45, 7) is 8.03. The molecule has 0 aliphatic heterocycles. The number of hydrogen-bond acceptors (Lipinski definition) is 3. The minimum Gasteiger partial charge on any atom is -0.489 e. The van der Waals surface area contributed by atoms with Gasteiger partial charge in [0.1, 0.15) is 17.9 Å². The molecule has 0 saturated heterocycles. The summed E-state index contributed by atoms with van der Waals surface area (Å²) in [4.78, 5) is 11.4. The molecule has 1 aromatic carbocycles. The molecular formula is C15H16O3. The molecule has 0 fully saturated rings. The van der Waals surface area contributed by atoms with Crippen LogP contribution in [0.3, 0.4) is 0 Å². The number of benzene rings is 1. The molecule has 1 heterocycles. The second-order valence-electron chi connectivity index (χ2n) is 4.16. The van der Waals surface area contributed by atoms with E-state index in [4.69, 9.17) is 9.15 Å². The Morgan fingerprint density at radius 1 is 1.39 bits per heavy atom. The van der Waals surface area contributed by atoms with Crippen LogP contribution in [-0.2, 0) is 6.42 Å². The molecule has 0 amide bonds. The molecule has 2 aromatic rings. The normalized spacial score (nSPS) is 10.6. The highest BCUT2D eigenvalue weighted by atomic mass is 16.5. The third-order valence-electron chi connectivity index (χ3n) is 2.87. The van der Waals surface area contributed by atoms with Crippen molar-refractivity contribution in [3.63, 3.8) is 0 Å². The Balaban J connectivity index is 2.64. The van der Waals surface area contributed by atoms with Crippen LogP contribution < -0.4 is 10.4 Å². The molecule has 94 valence electrons. The van der Waals surface area contributed by atoms with Gasteiger partial charge in [0.05, 0.1) is 0 Å². The SMILES string of the molecule is C=CCOc1cc2oc(=O)cc(C)c2cc1CC. The maximum atomic E-state index is 11.4. The second kappa shape index (κ2) is 5.08. The van der Waals surface area contributed by atoms with Crippen molar-refractivity contribution in [2.24, 2.45) is 0 Å². The first-order chi connectivity index (χ1) is 8.65. The molecule has 3 heteroatoms. The molecule has 2 rings (SSSR count). The Kier molecular flexibility index (Phi) is 3.51. The Hall–Kier alpha value is -2.03. The third kappa shape index (κ3) is 2.30. The van der Waals surface area contributed by atoms with E-state index in [2.05, 4.69) is 13.5 Å². The molecule has 0 saturated carbocycles. The first-order valence-electron chi connectivity index (χ1n) is 5.96. The van der Waals surface area contributed by atoms with Gasteiger partial charge in [-0.25, -0.2) is 4.79 Å². The topological polar surface area (TPSA) is 39.4 Å². The van der Waals surface area contributed by atoms with Gasteiger partial charge in [-0.15, -0.1) is 0 Å². The van der Waals surface area contributed by atoms with Crippen molar-refractivity contribution in [3.8, 4) is 5.75 Å². The third-order valence-corrected chi connectivity index (χ3v) is 2.87. The van der Waals surface area contributed by atoms with Gasteiger partial charge in [-0.1, -0.05) is 19.6 Å². The van der Waals surface area contributed by atoms with Crippen LogP contribution in [0, 0.1) is 6.92 Å². The van der Waals surface area contributed by atoms with E-state index in [1.165, 1.54) is 6.07 Å². The van der Waals surface area contributed by atoms with Crippen molar-refractivity contribution in [2.75, 3.05) is 6.61 Å². The first-order valence-corrected chi connectivity index (χ1v) is 5.96. The van der Waals surface area contributed by atoms with Crippen LogP contribution in [0.2, 0.25) is 0 Å². The summed E-state index contributed by atoms with van der Waals surface area (Å²) >= 11 is 0. The Labute approximate surface area is 106 Å². The molecule has 0 radical (unpaired) electrons. The number of fused-ring (bicyclic) bond motifs is 1. The highest BCUT2D eigenvalue weighted by molar-refractivity contribution is 5.82. The predicted molar refractivity (Wildman–Crippen MR) is 72.3 cm³/mol. The highest BCUT2D eigenvalue weighted by Gasteiger charge is 2.09. The zero-order valence-corrected chi connectivity index (χ0v) is 10.7. The lowest BCUT2D eigenvalue weighted by Crippen LogP contribution is -2.01. The molecular weight excluding hydrogens is 228 g/mol. The van der Waals surface area contributed by atoms with Crippen molar-refractivity contribution < 1.29 is 9.15 Å². The quantitative estimate of drug-likeness (QED) is 0.612. The maximum Gasteiger partial charge on any atom is 0.336 e. The monoisotopic (exact) mass is 244 g/mol. The van der Waals surface area contributed by atoms with E-state index in [-0.39, 0.29) is 5.63 Å². The van der Waals surface area contributed by atoms with Crippen molar-refractivity contribution in [1.82, 2.24) is 0 Å². The molecule has 0 aliphatic carbocycles. The van der Waals surface area contributed by atoms with E-state index < -0.39 is 0 Å². The molecule has 18 heavy (non-hydrogen) atoms. The first kappa shape index (κ1) is 12.4. The van der Waals surface area contributed by atoms with Crippen LogP contribution in [0.15, 0.2) is 40.1 Å². The molecule has 0 unspecified atom stereocenters. The smallest absolute Gasteiger partial charge is 0.336 e. The minimum atomic E-state index is -0.334. The van der Waals surface area contributed by atoms with Crippen molar-refractivity contribution in [1.29, 1.82) is 0 Å². The summed E-state index contributed by atoms with van der Waals surface area (Å²) in [7, 11) is 0. The molecule has 0 bridgehead atoms. The van der Waals surface area contributed by atoms with Gasteiger partial charge >= 0.3 is 5.63 Å². The zero-order chi connectivity index (χ0) is 13.1. The molecule has 1 aromatic heterocycles. The molecule has 0 spiro atoms.